The highest BCUT2D eigenvalue weighted by atomic mass is 35.5. The molecule has 0 bridgehead atoms. The number of nitrogens with zero attached hydrogens (tertiary/aromatic N) is 2. The van der Waals surface area contributed by atoms with Gasteiger partial charge in [0, 0.05) is 5.02 Å². The number of hydrogen-bond donors (Lipinski definition) is 0. The Morgan fingerprint density at radius 1 is 1.26 bits per heavy atom. The van der Waals surface area contributed by atoms with Gasteiger partial charge in [0.25, 0.3) is 5.69 Å². The van der Waals surface area contributed by atoms with Crippen molar-refractivity contribution in [1.29, 1.82) is 0 Å². The van der Waals surface area contributed by atoms with E-state index < -0.39 is 4.92 Å². The summed E-state index contributed by atoms with van der Waals surface area (Å²) in [5.41, 5.74) is 0.610. The molecule has 19 heavy (non-hydrogen) atoms. The Bertz CT molecular complexity index is 647. The van der Waals surface area contributed by atoms with Crippen LogP contribution in [0.4, 0.5) is 5.69 Å². The molecule has 0 N–H and O–H groups in total. The fourth-order valence-corrected chi connectivity index (χ4v) is 1.88. The van der Waals surface area contributed by atoms with Crippen LogP contribution in [0, 0.1) is 17.0 Å². The van der Waals surface area contributed by atoms with Crippen LogP contribution >= 0.6 is 23.2 Å². The largest absolute Gasteiger partial charge is 0.438 e. The second-order valence-electron chi connectivity index (χ2n) is 3.76. The smallest absolute Gasteiger partial charge is 0.277 e. The van der Waals surface area contributed by atoms with Crippen molar-refractivity contribution in [3.05, 3.63) is 56.2 Å². The summed E-state index contributed by atoms with van der Waals surface area (Å²) in [7, 11) is 0. The number of halogens is 2. The standard InChI is InChI=1S/C12H8Cl2N2O3/c1-7-4-8(13)2-3-10(7)19-12-6-9(16(17)18)5-11(14)15-12/h2-6H,1H3. The van der Waals surface area contributed by atoms with Gasteiger partial charge in [0.1, 0.15) is 10.9 Å². The molecule has 0 saturated carbocycles. The van der Waals surface area contributed by atoms with Crippen LogP contribution in [0.5, 0.6) is 11.6 Å². The summed E-state index contributed by atoms with van der Waals surface area (Å²) in [4.78, 5) is 14.0. The third-order valence-electron chi connectivity index (χ3n) is 2.32. The summed E-state index contributed by atoms with van der Waals surface area (Å²) in [6, 6.07) is 7.40. The first kappa shape index (κ1) is 13.6. The summed E-state index contributed by atoms with van der Waals surface area (Å²) in [6.45, 7) is 1.81. The minimum Gasteiger partial charge on any atom is -0.438 e. The minimum atomic E-state index is -0.560. The maximum Gasteiger partial charge on any atom is 0.277 e. The number of benzene rings is 1. The van der Waals surface area contributed by atoms with Gasteiger partial charge in [-0.15, -0.1) is 0 Å². The molecule has 98 valence electrons. The van der Waals surface area contributed by atoms with Gasteiger partial charge in [0.05, 0.1) is 17.1 Å². The van der Waals surface area contributed by atoms with E-state index in [1.165, 1.54) is 6.07 Å². The van der Waals surface area contributed by atoms with Crippen molar-refractivity contribution >= 4 is 28.9 Å². The van der Waals surface area contributed by atoms with Crippen LogP contribution in [-0.2, 0) is 0 Å². The van der Waals surface area contributed by atoms with Gasteiger partial charge in [-0.25, -0.2) is 4.98 Å². The molecule has 0 aliphatic carbocycles. The first-order valence-electron chi connectivity index (χ1n) is 5.21. The fraction of sp³-hybridized carbons (Fsp3) is 0.0833. The van der Waals surface area contributed by atoms with E-state index in [1.54, 1.807) is 25.1 Å². The van der Waals surface area contributed by atoms with Crippen molar-refractivity contribution in [3.63, 3.8) is 0 Å². The summed E-state index contributed by atoms with van der Waals surface area (Å²) in [5.74, 6) is 0.568. The zero-order chi connectivity index (χ0) is 14.0. The first-order chi connectivity index (χ1) is 8.95. The molecule has 0 aliphatic rings. The van der Waals surface area contributed by atoms with Gasteiger partial charge in [0.2, 0.25) is 5.88 Å². The van der Waals surface area contributed by atoms with Crippen molar-refractivity contribution in [1.82, 2.24) is 4.98 Å². The SMILES string of the molecule is Cc1cc(Cl)ccc1Oc1cc([N+](=O)[O-])cc(Cl)n1. The maximum atomic E-state index is 10.7. The maximum absolute atomic E-state index is 10.7. The van der Waals surface area contributed by atoms with E-state index >= 15 is 0 Å². The Kier molecular flexibility index (Phi) is 3.87. The van der Waals surface area contributed by atoms with E-state index in [9.17, 15) is 10.1 Å². The average molecular weight is 299 g/mol. The van der Waals surface area contributed by atoms with Crippen LogP contribution in [0.1, 0.15) is 5.56 Å². The molecule has 0 spiro atoms. The molecule has 0 radical (unpaired) electrons. The summed E-state index contributed by atoms with van der Waals surface area (Å²) < 4.78 is 5.48. The number of rotatable bonds is 3. The predicted octanol–water partition coefficient (Wildman–Crippen LogP) is 4.40. The highest BCUT2D eigenvalue weighted by Crippen LogP contribution is 2.29. The van der Waals surface area contributed by atoms with Crippen molar-refractivity contribution in [2.75, 3.05) is 0 Å². The Morgan fingerprint density at radius 3 is 2.63 bits per heavy atom. The zero-order valence-electron chi connectivity index (χ0n) is 9.76. The molecule has 0 amide bonds. The number of hydrogen-bond acceptors (Lipinski definition) is 4. The van der Waals surface area contributed by atoms with E-state index in [2.05, 4.69) is 4.98 Å². The molecule has 0 fully saturated rings. The lowest BCUT2D eigenvalue weighted by atomic mass is 10.2. The number of ether oxygens (including phenoxy) is 1. The highest BCUT2D eigenvalue weighted by Gasteiger charge is 2.12. The fourth-order valence-electron chi connectivity index (χ4n) is 1.46. The van der Waals surface area contributed by atoms with E-state index in [0.29, 0.717) is 10.8 Å². The molecule has 0 aliphatic heterocycles. The Balaban J connectivity index is 2.35. The van der Waals surface area contributed by atoms with E-state index in [4.69, 9.17) is 27.9 Å². The third kappa shape index (κ3) is 3.33. The normalized spacial score (nSPS) is 10.3. The van der Waals surface area contributed by atoms with Crippen LogP contribution in [-0.4, -0.2) is 9.91 Å². The van der Waals surface area contributed by atoms with E-state index in [-0.39, 0.29) is 16.7 Å². The van der Waals surface area contributed by atoms with Gasteiger partial charge >= 0.3 is 0 Å². The van der Waals surface area contributed by atoms with Gasteiger partial charge < -0.3 is 4.74 Å². The molecule has 0 unspecified atom stereocenters. The molecule has 2 rings (SSSR count). The molecule has 5 nitrogen and oxygen atoms in total. The third-order valence-corrected chi connectivity index (χ3v) is 2.75. The number of nitro groups is 1. The molecular weight excluding hydrogens is 291 g/mol. The monoisotopic (exact) mass is 298 g/mol. The van der Waals surface area contributed by atoms with Crippen LogP contribution in [0.3, 0.4) is 0 Å². The van der Waals surface area contributed by atoms with Gasteiger partial charge in [-0.1, -0.05) is 23.2 Å². The Labute approximate surface area is 118 Å². The minimum absolute atomic E-state index is 0.00387. The number of aromatic nitrogens is 1. The number of pyridine rings is 1. The van der Waals surface area contributed by atoms with Crippen LogP contribution in [0.2, 0.25) is 10.2 Å². The van der Waals surface area contributed by atoms with E-state index in [1.807, 2.05) is 0 Å². The average Bonchev–Trinajstić information content (AvgIpc) is 2.32. The van der Waals surface area contributed by atoms with Crippen LogP contribution in [0.15, 0.2) is 30.3 Å². The van der Waals surface area contributed by atoms with Crippen molar-refractivity contribution in [2.45, 2.75) is 6.92 Å². The first-order valence-corrected chi connectivity index (χ1v) is 5.97. The van der Waals surface area contributed by atoms with Crippen molar-refractivity contribution in [2.24, 2.45) is 0 Å². The van der Waals surface area contributed by atoms with Crippen LogP contribution in [0.25, 0.3) is 0 Å². The number of aryl methyl sites for hydroxylation is 1. The van der Waals surface area contributed by atoms with Crippen LogP contribution < -0.4 is 4.74 Å². The highest BCUT2D eigenvalue weighted by molar-refractivity contribution is 6.30. The summed E-state index contributed by atoms with van der Waals surface area (Å²) >= 11 is 11.5. The quantitative estimate of drug-likeness (QED) is 0.478. The second kappa shape index (κ2) is 5.42. The van der Waals surface area contributed by atoms with Gasteiger partial charge in [-0.2, -0.15) is 0 Å². The summed E-state index contributed by atoms with van der Waals surface area (Å²) in [5, 5.41) is 11.3. The molecule has 2 aromatic rings. The zero-order valence-corrected chi connectivity index (χ0v) is 11.3. The molecule has 7 heteroatoms. The molecule has 1 aromatic carbocycles. The van der Waals surface area contributed by atoms with Gasteiger partial charge in [0.15, 0.2) is 0 Å². The Hall–Kier alpha value is -1.85. The lowest BCUT2D eigenvalue weighted by molar-refractivity contribution is -0.385. The van der Waals surface area contributed by atoms with Crippen molar-refractivity contribution in [3.8, 4) is 11.6 Å². The molecular formula is C12H8Cl2N2O3. The van der Waals surface area contributed by atoms with E-state index in [0.717, 1.165) is 11.6 Å². The second-order valence-corrected chi connectivity index (χ2v) is 4.58. The molecule has 0 saturated heterocycles. The predicted molar refractivity (Wildman–Crippen MR) is 72.2 cm³/mol. The van der Waals surface area contributed by atoms with Crippen molar-refractivity contribution < 1.29 is 9.66 Å². The van der Waals surface area contributed by atoms with Gasteiger partial charge in [-0.05, 0) is 30.7 Å². The topological polar surface area (TPSA) is 65.3 Å². The lowest BCUT2D eigenvalue weighted by Gasteiger charge is -2.08. The molecule has 1 aromatic heterocycles. The summed E-state index contributed by atoms with van der Waals surface area (Å²) in [6.07, 6.45) is 0. The van der Waals surface area contributed by atoms with Gasteiger partial charge in [-0.3, -0.25) is 10.1 Å². The molecule has 1 heterocycles. The lowest BCUT2D eigenvalue weighted by Crippen LogP contribution is -1.94. The molecule has 0 atom stereocenters. The Morgan fingerprint density at radius 2 is 2.00 bits per heavy atom.